The molecule has 6 rings (SSSR count). The molecule has 216 valence electrons. The number of ether oxygens (including phenoxy) is 1. The van der Waals surface area contributed by atoms with Crippen molar-refractivity contribution in [3.63, 3.8) is 0 Å². The average molecular weight is 568 g/mol. The zero-order chi connectivity index (χ0) is 29.3. The number of pyridine rings is 1. The molecule has 0 bridgehead atoms. The van der Waals surface area contributed by atoms with E-state index in [1.54, 1.807) is 23.0 Å². The number of nitrogens with two attached hydrogens (primary N) is 1. The van der Waals surface area contributed by atoms with Crippen LogP contribution >= 0.6 is 0 Å². The molecule has 0 radical (unpaired) electrons. The maximum atomic E-state index is 12.0. The van der Waals surface area contributed by atoms with E-state index in [0.29, 0.717) is 35.9 Å². The molecule has 0 saturated carbocycles. The van der Waals surface area contributed by atoms with Crippen LogP contribution in [0.15, 0.2) is 42.7 Å². The minimum atomic E-state index is -0.440. The molecule has 0 aromatic carbocycles. The molecular weight excluding hydrogens is 534 g/mol. The van der Waals surface area contributed by atoms with Crippen molar-refractivity contribution >= 4 is 29.0 Å². The third-order valence-electron chi connectivity index (χ3n) is 7.93. The number of aromatic nitrogens is 6. The van der Waals surface area contributed by atoms with Crippen molar-refractivity contribution in [3.05, 3.63) is 54.0 Å². The Morgan fingerprint density at radius 2 is 1.95 bits per heavy atom. The van der Waals surface area contributed by atoms with E-state index >= 15 is 0 Å². The van der Waals surface area contributed by atoms with E-state index in [2.05, 4.69) is 49.1 Å². The Kier molecular flexibility index (Phi) is 7.30. The fourth-order valence-electron chi connectivity index (χ4n) is 5.66. The van der Waals surface area contributed by atoms with Gasteiger partial charge in [-0.15, -0.1) is 10.2 Å². The van der Waals surface area contributed by atoms with Crippen LogP contribution < -0.4 is 20.9 Å². The number of nitrogens with one attached hydrogen (secondary N) is 1. The van der Waals surface area contributed by atoms with Crippen molar-refractivity contribution in [1.82, 2.24) is 29.8 Å². The first-order valence-corrected chi connectivity index (χ1v) is 14.0. The maximum absolute atomic E-state index is 12.0. The number of hydrogen-bond donors (Lipinski definition) is 2. The predicted molar refractivity (Wildman–Crippen MR) is 157 cm³/mol. The number of nitrogens with zero attached hydrogens (tertiary/aromatic N) is 9. The number of fused-ring (bicyclic) bond motifs is 1. The van der Waals surface area contributed by atoms with Crippen LogP contribution in [0, 0.1) is 16.7 Å². The van der Waals surface area contributed by atoms with Crippen molar-refractivity contribution in [1.29, 1.82) is 5.26 Å². The van der Waals surface area contributed by atoms with Gasteiger partial charge >= 0.3 is 0 Å². The number of anilines is 3. The summed E-state index contributed by atoms with van der Waals surface area (Å²) in [6.45, 7) is 8.79. The minimum absolute atomic E-state index is 0.0387. The molecule has 42 heavy (non-hydrogen) atoms. The second-order valence-electron chi connectivity index (χ2n) is 11.4. The highest BCUT2D eigenvalue weighted by Crippen LogP contribution is 2.35. The Morgan fingerprint density at radius 3 is 2.67 bits per heavy atom. The SMILES string of the molecule is CC1(C)CN(c2ccc(C#N)nn2)CC[C@H]1Nc1c(CC(N)=O)cnc2cc(-c3ccnc(N4CCOCC4)c3)nn12. The third kappa shape index (κ3) is 5.53. The number of amides is 1. The van der Waals surface area contributed by atoms with Crippen LogP contribution in [-0.2, 0) is 16.0 Å². The molecule has 13 heteroatoms. The third-order valence-corrected chi connectivity index (χ3v) is 7.93. The van der Waals surface area contributed by atoms with E-state index in [0.717, 1.165) is 55.5 Å². The normalized spacial score (nSPS) is 18.5. The first kappa shape index (κ1) is 27.3. The van der Waals surface area contributed by atoms with Gasteiger partial charge in [0.25, 0.3) is 0 Å². The van der Waals surface area contributed by atoms with Crippen molar-refractivity contribution in [3.8, 4) is 17.3 Å². The van der Waals surface area contributed by atoms with Crippen LogP contribution in [0.2, 0.25) is 0 Å². The summed E-state index contributed by atoms with van der Waals surface area (Å²) in [6.07, 6.45) is 4.34. The molecule has 1 amide bonds. The molecule has 2 aliphatic rings. The number of carbonyl (C=O) groups is 1. The average Bonchev–Trinajstić information content (AvgIpc) is 3.44. The molecule has 1 atom stereocenters. The van der Waals surface area contributed by atoms with Crippen LogP contribution in [-0.4, -0.2) is 81.1 Å². The lowest BCUT2D eigenvalue weighted by atomic mass is 9.79. The number of rotatable bonds is 7. The van der Waals surface area contributed by atoms with E-state index in [1.807, 2.05) is 30.3 Å². The summed E-state index contributed by atoms with van der Waals surface area (Å²) >= 11 is 0. The van der Waals surface area contributed by atoms with Crippen LogP contribution in [0.25, 0.3) is 16.9 Å². The lowest BCUT2D eigenvalue weighted by molar-refractivity contribution is -0.117. The number of carbonyl (C=O) groups excluding carboxylic acids is 1. The number of hydrogen-bond acceptors (Lipinski definition) is 11. The van der Waals surface area contributed by atoms with E-state index in [-0.39, 0.29) is 17.9 Å². The van der Waals surface area contributed by atoms with Gasteiger partial charge in [-0.3, -0.25) is 4.79 Å². The summed E-state index contributed by atoms with van der Waals surface area (Å²) in [7, 11) is 0. The Bertz CT molecular complexity index is 1640. The Morgan fingerprint density at radius 1 is 1.12 bits per heavy atom. The Hall–Kier alpha value is -4.83. The summed E-state index contributed by atoms with van der Waals surface area (Å²) < 4.78 is 7.26. The number of primary amides is 1. The molecule has 0 aliphatic carbocycles. The van der Waals surface area contributed by atoms with Gasteiger partial charge in [-0.25, -0.2) is 9.97 Å². The van der Waals surface area contributed by atoms with Gasteiger partial charge in [-0.05, 0) is 30.7 Å². The molecule has 4 aromatic rings. The van der Waals surface area contributed by atoms with Crippen LogP contribution in [0.5, 0.6) is 0 Å². The molecule has 3 N–H and O–H groups in total. The lowest BCUT2D eigenvalue weighted by Crippen LogP contribution is -2.52. The number of piperidine rings is 1. The minimum Gasteiger partial charge on any atom is -0.378 e. The Balaban J connectivity index is 1.30. The molecule has 6 heterocycles. The largest absolute Gasteiger partial charge is 0.378 e. The summed E-state index contributed by atoms with van der Waals surface area (Å²) in [4.78, 5) is 25.6. The summed E-state index contributed by atoms with van der Waals surface area (Å²) in [6, 6.07) is 11.5. The molecule has 13 nitrogen and oxygen atoms in total. The highest BCUT2D eigenvalue weighted by atomic mass is 16.5. The summed E-state index contributed by atoms with van der Waals surface area (Å²) in [5, 5.41) is 26.0. The monoisotopic (exact) mass is 567 g/mol. The van der Waals surface area contributed by atoms with Crippen molar-refractivity contribution < 1.29 is 9.53 Å². The molecular formula is C29H33N11O2. The first-order valence-electron chi connectivity index (χ1n) is 14.0. The van der Waals surface area contributed by atoms with Crippen molar-refractivity contribution in [2.75, 3.05) is 54.5 Å². The van der Waals surface area contributed by atoms with E-state index in [1.165, 1.54) is 0 Å². The van der Waals surface area contributed by atoms with Gasteiger partial charge in [0.1, 0.15) is 17.7 Å². The zero-order valence-electron chi connectivity index (χ0n) is 23.7. The van der Waals surface area contributed by atoms with Gasteiger partial charge in [0.15, 0.2) is 17.2 Å². The molecule has 2 fully saturated rings. The van der Waals surface area contributed by atoms with E-state index in [4.69, 9.17) is 20.8 Å². The molecule has 0 spiro atoms. The number of morpholine rings is 1. The quantitative estimate of drug-likeness (QED) is 0.336. The zero-order valence-corrected chi connectivity index (χ0v) is 23.7. The lowest BCUT2D eigenvalue weighted by Gasteiger charge is -2.45. The van der Waals surface area contributed by atoms with Crippen LogP contribution in [0.1, 0.15) is 31.5 Å². The highest BCUT2D eigenvalue weighted by molar-refractivity contribution is 5.79. The van der Waals surface area contributed by atoms with Crippen molar-refractivity contribution in [2.24, 2.45) is 11.1 Å². The van der Waals surface area contributed by atoms with Gasteiger partial charge in [0, 0.05) is 67.2 Å². The summed E-state index contributed by atoms with van der Waals surface area (Å²) in [5.74, 6) is 1.89. The maximum Gasteiger partial charge on any atom is 0.222 e. The molecule has 0 unspecified atom stereocenters. The van der Waals surface area contributed by atoms with E-state index < -0.39 is 5.91 Å². The second-order valence-corrected chi connectivity index (χ2v) is 11.4. The molecule has 4 aromatic heterocycles. The van der Waals surface area contributed by atoms with Gasteiger partial charge < -0.3 is 25.6 Å². The van der Waals surface area contributed by atoms with Gasteiger partial charge in [0.2, 0.25) is 5.91 Å². The molecule has 2 aliphatic heterocycles. The summed E-state index contributed by atoms with van der Waals surface area (Å²) in [5.41, 5.74) is 8.76. The Labute approximate surface area is 243 Å². The van der Waals surface area contributed by atoms with Crippen molar-refractivity contribution in [2.45, 2.75) is 32.7 Å². The smallest absolute Gasteiger partial charge is 0.222 e. The second kappa shape index (κ2) is 11.2. The van der Waals surface area contributed by atoms with Gasteiger partial charge in [-0.1, -0.05) is 13.8 Å². The first-order chi connectivity index (χ1) is 20.3. The van der Waals surface area contributed by atoms with Crippen LogP contribution in [0.3, 0.4) is 0 Å². The predicted octanol–water partition coefficient (Wildman–Crippen LogP) is 2.03. The van der Waals surface area contributed by atoms with E-state index in [9.17, 15) is 4.79 Å². The standard InChI is InChI=1S/C29H33N11O2/c1-29(2)18-39(25-4-3-21(16-30)35-36-25)8-6-23(29)34-28-20(13-24(31)41)17-33-27-15-22(37-40(27)28)19-5-7-32-26(14-19)38-9-11-42-12-10-38/h3-5,7,14-15,17,23,34H,6,8-13,18H2,1-2H3,(H2,31,41)/t23-/m1/s1. The van der Waals surface area contributed by atoms with Crippen LogP contribution in [0.4, 0.5) is 17.5 Å². The van der Waals surface area contributed by atoms with Gasteiger partial charge in [0.05, 0.1) is 25.3 Å². The topological polar surface area (TPSA) is 163 Å². The number of nitriles is 1. The van der Waals surface area contributed by atoms with Gasteiger partial charge in [-0.2, -0.15) is 14.9 Å². The highest BCUT2D eigenvalue weighted by Gasteiger charge is 2.37. The fraction of sp³-hybridized carbons (Fsp3) is 0.414. The fourth-order valence-corrected chi connectivity index (χ4v) is 5.66. The molecule has 2 saturated heterocycles.